The van der Waals surface area contributed by atoms with Gasteiger partial charge in [-0.05, 0) is 138 Å². The van der Waals surface area contributed by atoms with Gasteiger partial charge in [-0.1, -0.05) is 69.3 Å². The predicted octanol–water partition coefficient (Wildman–Crippen LogP) is 8.82. The van der Waals surface area contributed by atoms with Crippen LogP contribution in [0.3, 0.4) is 0 Å². The molecule has 5 N–H and O–H groups in total. The van der Waals surface area contributed by atoms with Crippen LogP contribution in [0.5, 0.6) is 5.75 Å². The Hall–Kier alpha value is -4.88. The summed E-state index contributed by atoms with van der Waals surface area (Å²) in [5.74, 6) is 0.359. The van der Waals surface area contributed by atoms with Gasteiger partial charge in [-0.2, -0.15) is 0 Å². The van der Waals surface area contributed by atoms with Crippen molar-refractivity contribution < 1.29 is 28.3 Å². The number of halogens is 2. The third-order valence-corrected chi connectivity index (χ3v) is 17.5. The molecule has 2 atom stereocenters. The third-order valence-electron chi connectivity index (χ3n) is 15.0. The molecule has 0 spiro atoms. The van der Waals surface area contributed by atoms with Crippen LogP contribution in [-0.2, 0) is 25.7 Å². The van der Waals surface area contributed by atoms with E-state index in [4.69, 9.17) is 27.1 Å². The fourth-order valence-electron chi connectivity index (χ4n) is 9.87. The van der Waals surface area contributed by atoms with Crippen molar-refractivity contribution in [1.82, 2.24) is 35.4 Å². The van der Waals surface area contributed by atoms with Gasteiger partial charge in [0.15, 0.2) is 5.67 Å². The normalized spacial score (nSPS) is 19.3. The summed E-state index contributed by atoms with van der Waals surface area (Å²) in [4.78, 5) is 75.7. The van der Waals surface area contributed by atoms with E-state index in [9.17, 15) is 23.6 Å². The molecular weight excluding hydrogens is 987 g/mol. The number of nitrogens with one attached hydrogen (secondary N) is 3. The SMILES string of the molecule is Cc1ncsc1-c1ccc(CNC(=O)[C@@H]2CCCN2C(=O)[C@@H](NC(=O)C2(F)CC2)C(C)(C)C)c(OCCCCN2CCC(CC(=O)Nc3cccc(Sc4cnc(N5CCC(C)(CN)CC5)cn4)c3Cl)CC2)c1. The number of amides is 4. The standard InChI is InChI=1S/C54H72ClFN10O5S2/c1-35-47(72-34-61-35)37-13-14-38(30-60-49(68)40-11-9-22-66(40)50(69)48(52(2,3)4)63-51(70)54(56)17-18-54)41(29-37)71-27-7-6-21-64-23-15-36(16-24-64)28-44(67)62-39-10-8-12-42(46(39)55)73-45-32-58-43(31-59-45)65-25-19-53(5,33-57)20-26-65/h8,10,12-14,29,31-32,34,36,40,48H,6-7,9,11,15-28,30,33,57H2,1-5H3,(H,60,68)(H,62,67)(H,63,70)/t40-,48+/m0/s1. The molecule has 2 aromatic carbocycles. The monoisotopic (exact) mass is 1060 g/mol. The number of carbonyl (C=O) groups excluding carboxylic acids is 4. The number of hydrogen-bond acceptors (Lipinski definition) is 13. The van der Waals surface area contributed by atoms with Crippen molar-refractivity contribution in [3.63, 3.8) is 0 Å². The van der Waals surface area contributed by atoms with E-state index in [1.165, 1.54) is 11.8 Å². The summed E-state index contributed by atoms with van der Waals surface area (Å²) in [5.41, 5.74) is 8.71. The number of thiazole rings is 1. The van der Waals surface area contributed by atoms with Crippen LogP contribution in [-0.4, -0.2) is 119 Å². The number of likely N-dealkylation sites (tertiary alicyclic amines) is 2. The van der Waals surface area contributed by atoms with Crippen molar-refractivity contribution in [2.45, 2.75) is 139 Å². The van der Waals surface area contributed by atoms with E-state index in [1.54, 1.807) is 22.4 Å². The number of aryl methyl sites for hydroxylation is 1. The number of hydrogen-bond donors (Lipinski definition) is 4. The number of benzene rings is 2. The molecule has 0 unspecified atom stereocenters. The molecule has 5 heterocycles. The van der Waals surface area contributed by atoms with Gasteiger partial charge in [0, 0.05) is 43.1 Å². The molecule has 0 bridgehead atoms. The fraction of sp³-hybridized carbons (Fsp3) is 0.574. The number of piperidine rings is 2. The van der Waals surface area contributed by atoms with Crippen LogP contribution in [0, 0.1) is 23.7 Å². The van der Waals surface area contributed by atoms with Gasteiger partial charge < -0.3 is 41.1 Å². The molecule has 3 aliphatic heterocycles. The Bertz CT molecular complexity index is 2580. The van der Waals surface area contributed by atoms with Gasteiger partial charge in [-0.3, -0.25) is 19.2 Å². The van der Waals surface area contributed by atoms with E-state index >= 15 is 0 Å². The van der Waals surface area contributed by atoms with Gasteiger partial charge >= 0.3 is 0 Å². The molecule has 4 aliphatic rings. The number of alkyl halides is 1. The van der Waals surface area contributed by atoms with Gasteiger partial charge in [0.25, 0.3) is 5.91 Å². The lowest BCUT2D eigenvalue weighted by molar-refractivity contribution is -0.144. The van der Waals surface area contributed by atoms with Gasteiger partial charge in [-0.25, -0.2) is 19.3 Å². The summed E-state index contributed by atoms with van der Waals surface area (Å²) >= 11 is 9.83. The first-order valence-corrected chi connectivity index (χ1v) is 28.0. The topological polar surface area (TPSA) is 188 Å². The molecule has 19 heteroatoms. The smallest absolute Gasteiger partial charge is 0.258 e. The Morgan fingerprint density at radius 2 is 1.75 bits per heavy atom. The largest absolute Gasteiger partial charge is 0.493 e. The van der Waals surface area contributed by atoms with Crippen LogP contribution in [0.1, 0.15) is 110 Å². The maximum atomic E-state index is 14.7. The molecular formula is C54H72ClFN10O5S2. The molecule has 3 saturated heterocycles. The maximum Gasteiger partial charge on any atom is 0.258 e. The van der Waals surface area contributed by atoms with Crippen molar-refractivity contribution in [1.29, 1.82) is 0 Å². The molecule has 2 aromatic heterocycles. The molecule has 4 fully saturated rings. The Balaban J connectivity index is 0.775. The minimum absolute atomic E-state index is 0.0432. The van der Waals surface area contributed by atoms with Crippen LogP contribution in [0.4, 0.5) is 15.9 Å². The first-order valence-electron chi connectivity index (χ1n) is 25.9. The van der Waals surface area contributed by atoms with Crippen molar-refractivity contribution in [2.75, 3.05) is 62.6 Å². The number of unbranched alkanes of at least 4 members (excludes halogenated alkanes) is 1. The quantitative estimate of drug-likeness (QED) is 0.0617. The average molecular weight is 1060 g/mol. The third kappa shape index (κ3) is 13.9. The minimum atomic E-state index is -1.92. The molecule has 4 aromatic rings. The highest BCUT2D eigenvalue weighted by molar-refractivity contribution is 7.99. The van der Waals surface area contributed by atoms with Crippen molar-refractivity contribution in [3.8, 4) is 16.2 Å². The molecule has 8 rings (SSSR count). The summed E-state index contributed by atoms with van der Waals surface area (Å²) in [6.07, 6.45) is 11.2. The Kier molecular flexibility index (Phi) is 17.7. The second-order valence-electron chi connectivity index (χ2n) is 21.8. The number of rotatable bonds is 20. The lowest BCUT2D eigenvalue weighted by Gasteiger charge is -2.39. The van der Waals surface area contributed by atoms with Gasteiger partial charge in [0.1, 0.15) is 28.7 Å². The van der Waals surface area contributed by atoms with Crippen LogP contribution in [0.2, 0.25) is 5.02 Å². The summed E-state index contributed by atoms with van der Waals surface area (Å²) in [6.45, 7) is 16.1. The van der Waals surface area contributed by atoms with E-state index in [2.05, 4.69) is 42.6 Å². The van der Waals surface area contributed by atoms with Gasteiger partial charge in [0.2, 0.25) is 17.7 Å². The van der Waals surface area contributed by atoms with Crippen molar-refractivity contribution >= 4 is 69.8 Å². The summed E-state index contributed by atoms with van der Waals surface area (Å²) in [6, 6.07) is 9.96. The zero-order valence-electron chi connectivity index (χ0n) is 42.9. The number of anilines is 2. The molecule has 394 valence electrons. The van der Waals surface area contributed by atoms with E-state index < -0.39 is 29.1 Å². The highest BCUT2D eigenvalue weighted by Crippen LogP contribution is 2.41. The van der Waals surface area contributed by atoms with Crippen molar-refractivity contribution in [3.05, 3.63) is 70.6 Å². The van der Waals surface area contributed by atoms with E-state index in [-0.39, 0.29) is 48.4 Å². The highest BCUT2D eigenvalue weighted by Gasteiger charge is 2.53. The number of nitrogens with zero attached hydrogens (tertiary/aromatic N) is 6. The molecule has 4 amide bonds. The molecule has 73 heavy (non-hydrogen) atoms. The average Bonchev–Trinajstić information content (AvgIpc) is 3.70. The second-order valence-corrected chi connectivity index (χ2v) is 24.1. The van der Waals surface area contributed by atoms with E-state index in [1.807, 2.05) is 75.8 Å². The molecule has 15 nitrogen and oxygen atoms in total. The van der Waals surface area contributed by atoms with Gasteiger partial charge in [-0.15, -0.1) is 11.3 Å². The molecule has 0 radical (unpaired) electrons. The predicted molar refractivity (Wildman–Crippen MR) is 287 cm³/mol. The second kappa shape index (κ2) is 23.8. The first kappa shape index (κ1) is 54.4. The van der Waals surface area contributed by atoms with Gasteiger partial charge in [0.05, 0.1) is 45.8 Å². The lowest BCUT2D eigenvalue weighted by Crippen LogP contribution is -2.58. The molecule has 1 saturated carbocycles. The fourth-order valence-corrected chi connectivity index (χ4v) is 11.7. The summed E-state index contributed by atoms with van der Waals surface area (Å²) in [5, 5.41) is 10.0. The minimum Gasteiger partial charge on any atom is -0.493 e. The van der Waals surface area contributed by atoms with E-state index in [0.717, 1.165) is 109 Å². The van der Waals surface area contributed by atoms with Crippen molar-refractivity contribution in [2.24, 2.45) is 22.5 Å². The first-order chi connectivity index (χ1) is 34.9. The number of nitrogens with two attached hydrogens (primary N) is 1. The number of aromatic nitrogens is 3. The number of ether oxygens (including phenoxy) is 1. The van der Waals surface area contributed by atoms with Crippen LogP contribution in [0.25, 0.3) is 10.4 Å². The Morgan fingerprint density at radius 3 is 2.42 bits per heavy atom. The number of carbonyl (C=O) groups is 4. The van der Waals surface area contributed by atoms with Crippen LogP contribution in [0.15, 0.2) is 64.2 Å². The molecule has 1 aliphatic carbocycles. The summed E-state index contributed by atoms with van der Waals surface area (Å²) in [7, 11) is 0. The Morgan fingerprint density at radius 1 is 0.986 bits per heavy atom. The Labute approximate surface area is 442 Å². The zero-order valence-corrected chi connectivity index (χ0v) is 45.3. The summed E-state index contributed by atoms with van der Waals surface area (Å²) < 4.78 is 21.1. The van der Waals surface area contributed by atoms with Crippen LogP contribution >= 0.6 is 34.7 Å². The highest BCUT2D eigenvalue weighted by atomic mass is 35.5. The lowest BCUT2D eigenvalue weighted by atomic mass is 9.80. The maximum absolute atomic E-state index is 14.7. The van der Waals surface area contributed by atoms with E-state index in [0.29, 0.717) is 55.4 Å². The van der Waals surface area contributed by atoms with Crippen LogP contribution < -0.4 is 31.3 Å². The zero-order chi connectivity index (χ0) is 51.9.